The maximum absolute atomic E-state index is 12.5. The highest BCUT2D eigenvalue weighted by atomic mass is 19.4. The van der Waals surface area contributed by atoms with Crippen molar-refractivity contribution in [1.29, 1.82) is 0 Å². The van der Waals surface area contributed by atoms with Gasteiger partial charge in [0, 0.05) is 18.3 Å². The SMILES string of the molecule is CCN(/N=[N+](\[O-])C(C)C)c1ccnc(C(F)(F)F)c1. The third kappa shape index (κ3) is 4.08. The van der Waals surface area contributed by atoms with Crippen LogP contribution in [0.5, 0.6) is 0 Å². The first-order chi connectivity index (χ1) is 8.75. The van der Waals surface area contributed by atoms with Crippen LogP contribution in [-0.4, -0.2) is 22.4 Å². The second-order valence-corrected chi connectivity index (χ2v) is 4.10. The Morgan fingerprint density at radius 1 is 1.47 bits per heavy atom. The Hall–Kier alpha value is -1.86. The highest BCUT2D eigenvalue weighted by Gasteiger charge is 2.33. The molecule has 0 unspecified atom stereocenters. The second-order valence-electron chi connectivity index (χ2n) is 4.10. The van der Waals surface area contributed by atoms with Crippen LogP contribution in [-0.2, 0) is 6.18 Å². The predicted molar refractivity (Wildman–Crippen MR) is 63.5 cm³/mol. The first-order valence-electron chi connectivity index (χ1n) is 5.74. The minimum absolute atomic E-state index is 0.173. The van der Waals surface area contributed by atoms with Gasteiger partial charge in [0.05, 0.1) is 5.22 Å². The average molecular weight is 276 g/mol. The number of aromatic nitrogens is 1. The lowest BCUT2D eigenvalue weighted by Gasteiger charge is -2.15. The highest BCUT2D eigenvalue weighted by Crippen LogP contribution is 2.29. The molecule has 0 atom stereocenters. The van der Waals surface area contributed by atoms with Crippen molar-refractivity contribution in [2.75, 3.05) is 11.6 Å². The summed E-state index contributed by atoms with van der Waals surface area (Å²) >= 11 is 0. The van der Waals surface area contributed by atoms with Crippen LogP contribution in [0.25, 0.3) is 0 Å². The Balaban J connectivity index is 3.10. The first-order valence-corrected chi connectivity index (χ1v) is 5.74. The van der Waals surface area contributed by atoms with Crippen LogP contribution in [0.1, 0.15) is 26.5 Å². The normalized spacial score (nSPS) is 12.9. The number of alkyl halides is 3. The molecule has 0 fully saturated rings. The second kappa shape index (κ2) is 5.85. The van der Waals surface area contributed by atoms with Crippen molar-refractivity contribution >= 4 is 5.69 Å². The topological polar surface area (TPSA) is 54.6 Å². The standard InChI is InChI=1S/C11H15F3N4O/c1-4-17(16-18(19)8(2)3)9-5-6-15-10(7-9)11(12,13)14/h5-8H,4H2,1-3H3/b18-16-. The van der Waals surface area contributed by atoms with Gasteiger partial charge in [-0.2, -0.15) is 18.0 Å². The quantitative estimate of drug-likeness (QED) is 0.482. The summed E-state index contributed by atoms with van der Waals surface area (Å²) in [6.45, 7) is 5.23. The van der Waals surface area contributed by atoms with Crippen molar-refractivity contribution in [2.45, 2.75) is 33.0 Å². The molecule has 106 valence electrons. The van der Waals surface area contributed by atoms with Crippen molar-refractivity contribution in [3.8, 4) is 0 Å². The van der Waals surface area contributed by atoms with E-state index in [1.165, 1.54) is 11.1 Å². The number of pyridine rings is 1. The molecule has 0 bridgehead atoms. The van der Waals surface area contributed by atoms with E-state index in [0.717, 1.165) is 12.3 Å². The van der Waals surface area contributed by atoms with E-state index in [4.69, 9.17) is 0 Å². The van der Waals surface area contributed by atoms with Crippen molar-refractivity contribution in [2.24, 2.45) is 5.22 Å². The number of rotatable bonds is 4. The maximum atomic E-state index is 12.5. The fourth-order valence-electron chi connectivity index (χ4n) is 1.24. The molecule has 1 aromatic rings. The van der Waals surface area contributed by atoms with Gasteiger partial charge in [0.15, 0.2) is 5.69 Å². The van der Waals surface area contributed by atoms with E-state index in [1.54, 1.807) is 20.8 Å². The van der Waals surface area contributed by atoms with Gasteiger partial charge in [0.25, 0.3) is 0 Å². The minimum Gasteiger partial charge on any atom is -0.696 e. The molecule has 0 saturated heterocycles. The largest absolute Gasteiger partial charge is 0.696 e. The summed E-state index contributed by atoms with van der Waals surface area (Å²) < 4.78 is 37.6. The molecule has 0 aliphatic carbocycles. The Morgan fingerprint density at radius 2 is 2.11 bits per heavy atom. The molecule has 8 heteroatoms. The Morgan fingerprint density at radius 3 is 2.58 bits per heavy atom. The van der Waals surface area contributed by atoms with Gasteiger partial charge >= 0.3 is 6.18 Å². The van der Waals surface area contributed by atoms with Crippen molar-refractivity contribution < 1.29 is 18.0 Å². The van der Waals surface area contributed by atoms with E-state index >= 15 is 0 Å². The third-order valence-electron chi connectivity index (χ3n) is 2.27. The molecular weight excluding hydrogens is 261 g/mol. The fraction of sp³-hybridized carbons (Fsp3) is 0.545. The molecule has 0 saturated carbocycles. The summed E-state index contributed by atoms with van der Waals surface area (Å²) in [5, 5.41) is 16.3. The number of hydroxylamine groups is 1. The summed E-state index contributed by atoms with van der Waals surface area (Å²) in [4.78, 5) is 3.70. The van der Waals surface area contributed by atoms with Crippen LogP contribution >= 0.6 is 0 Å². The van der Waals surface area contributed by atoms with Gasteiger partial charge < -0.3 is 5.21 Å². The molecule has 0 radical (unpaired) electrons. The van der Waals surface area contributed by atoms with Gasteiger partial charge in [-0.1, -0.05) is 0 Å². The van der Waals surface area contributed by atoms with E-state index in [-0.39, 0.29) is 12.2 Å². The highest BCUT2D eigenvalue weighted by molar-refractivity contribution is 5.45. The third-order valence-corrected chi connectivity index (χ3v) is 2.27. The summed E-state index contributed by atoms with van der Waals surface area (Å²) in [5.41, 5.74) is -0.841. The predicted octanol–water partition coefficient (Wildman–Crippen LogP) is 3.21. The lowest BCUT2D eigenvalue weighted by atomic mass is 10.3. The Labute approximate surface area is 108 Å². The van der Waals surface area contributed by atoms with E-state index < -0.39 is 17.9 Å². The molecule has 0 spiro atoms. The zero-order valence-electron chi connectivity index (χ0n) is 10.8. The molecule has 5 nitrogen and oxygen atoms in total. The van der Waals surface area contributed by atoms with Gasteiger partial charge in [-0.15, -0.1) is 5.01 Å². The molecule has 0 aliphatic heterocycles. The van der Waals surface area contributed by atoms with Crippen LogP contribution in [0, 0.1) is 5.21 Å². The lowest BCUT2D eigenvalue weighted by Crippen LogP contribution is -2.23. The Bertz CT molecular complexity index is 459. The van der Waals surface area contributed by atoms with Crippen molar-refractivity contribution in [3.05, 3.63) is 29.2 Å². The van der Waals surface area contributed by atoms with Gasteiger partial charge in [-0.05, 0) is 20.8 Å². The smallest absolute Gasteiger partial charge is 0.433 e. The molecule has 1 rings (SSSR count). The van der Waals surface area contributed by atoms with Gasteiger partial charge in [0.1, 0.15) is 18.3 Å². The summed E-state index contributed by atoms with van der Waals surface area (Å²) in [6, 6.07) is 1.84. The minimum atomic E-state index is -4.52. The number of hydrogen-bond acceptors (Lipinski definition) is 3. The average Bonchev–Trinajstić information content (AvgIpc) is 2.34. The Kier molecular flexibility index (Phi) is 4.68. The van der Waals surface area contributed by atoms with E-state index in [9.17, 15) is 18.4 Å². The molecule has 0 aromatic carbocycles. The van der Waals surface area contributed by atoms with Gasteiger partial charge in [-0.25, -0.2) is 0 Å². The molecule has 0 aliphatic rings. The van der Waals surface area contributed by atoms with Gasteiger partial charge in [0.2, 0.25) is 0 Å². The van der Waals surface area contributed by atoms with Crippen LogP contribution in [0.15, 0.2) is 23.6 Å². The van der Waals surface area contributed by atoms with E-state index in [0.29, 0.717) is 4.86 Å². The van der Waals surface area contributed by atoms with Crippen molar-refractivity contribution in [1.82, 2.24) is 4.98 Å². The lowest BCUT2D eigenvalue weighted by molar-refractivity contribution is -0.562. The number of nitrogens with zero attached hydrogens (tertiary/aromatic N) is 4. The summed E-state index contributed by atoms with van der Waals surface area (Å²) in [6.07, 6.45) is -3.48. The number of halogens is 3. The molecular formula is C11H15F3N4O. The van der Waals surface area contributed by atoms with Crippen LogP contribution < -0.4 is 5.01 Å². The van der Waals surface area contributed by atoms with E-state index in [2.05, 4.69) is 10.2 Å². The monoisotopic (exact) mass is 276 g/mol. The summed E-state index contributed by atoms with van der Waals surface area (Å²) in [5.74, 6) is 0. The van der Waals surface area contributed by atoms with Crippen LogP contribution in [0.3, 0.4) is 0 Å². The molecule has 19 heavy (non-hydrogen) atoms. The zero-order chi connectivity index (χ0) is 14.6. The molecule has 0 amide bonds. The van der Waals surface area contributed by atoms with Crippen LogP contribution in [0.2, 0.25) is 0 Å². The first kappa shape index (κ1) is 15.2. The molecule has 0 N–H and O–H groups in total. The molecule has 1 aromatic heterocycles. The van der Waals surface area contributed by atoms with Crippen LogP contribution in [0.4, 0.5) is 18.9 Å². The molecule has 1 heterocycles. The summed E-state index contributed by atoms with van der Waals surface area (Å²) in [7, 11) is 0. The number of anilines is 1. The van der Waals surface area contributed by atoms with Crippen molar-refractivity contribution in [3.63, 3.8) is 0 Å². The van der Waals surface area contributed by atoms with Gasteiger partial charge in [-0.3, -0.25) is 4.98 Å². The van der Waals surface area contributed by atoms with E-state index in [1.807, 2.05) is 0 Å². The fourth-order valence-corrected chi connectivity index (χ4v) is 1.24. The number of hydrogen-bond donors (Lipinski definition) is 0. The maximum Gasteiger partial charge on any atom is 0.433 e. The zero-order valence-corrected chi connectivity index (χ0v) is 10.8.